The van der Waals surface area contributed by atoms with E-state index in [-0.39, 0.29) is 6.04 Å². The fourth-order valence-electron chi connectivity index (χ4n) is 4.10. The molecule has 1 saturated heterocycles. The van der Waals surface area contributed by atoms with E-state index in [1.54, 1.807) is 0 Å². The number of aryl methyl sites for hydroxylation is 1. The Morgan fingerprint density at radius 1 is 1.35 bits per heavy atom. The zero-order chi connectivity index (χ0) is 14.3. The quantitative estimate of drug-likeness (QED) is 0.920. The standard InChI is InChI=1S/C17H23NO2/c1-11-5-3-6-13(12(11)2)9-18-10-14-7-4-8-15(14)16(18)17(19)20/h3,5-6,14-16H,4,7-10H2,1-2H3,(H,19,20). The summed E-state index contributed by atoms with van der Waals surface area (Å²) in [6.07, 6.45) is 3.50. The first-order valence-electron chi connectivity index (χ1n) is 7.60. The van der Waals surface area contributed by atoms with Crippen LogP contribution in [0.3, 0.4) is 0 Å². The number of carboxylic acid groups (broad SMARTS) is 1. The Bertz CT molecular complexity index is 526. The molecule has 1 aromatic rings. The van der Waals surface area contributed by atoms with Crippen LogP contribution in [0, 0.1) is 25.7 Å². The summed E-state index contributed by atoms with van der Waals surface area (Å²) in [6, 6.07) is 6.05. The monoisotopic (exact) mass is 273 g/mol. The van der Waals surface area contributed by atoms with Gasteiger partial charge in [-0.3, -0.25) is 9.69 Å². The molecule has 3 atom stereocenters. The lowest BCUT2D eigenvalue weighted by Gasteiger charge is -2.25. The molecule has 0 amide bonds. The van der Waals surface area contributed by atoms with Gasteiger partial charge in [-0.25, -0.2) is 0 Å². The number of hydrogen-bond acceptors (Lipinski definition) is 2. The molecule has 0 bridgehead atoms. The molecule has 1 aromatic carbocycles. The molecule has 3 nitrogen and oxygen atoms in total. The number of benzene rings is 1. The van der Waals surface area contributed by atoms with Crippen LogP contribution in [0.5, 0.6) is 0 Å². The number of carboxylic acids is 1. The summed E-state index contributed by atoms with van der Waals surface area (Å²) in [5.41, 5.74) is 3.86. The van der Waals surface area contributed by atoms with Crippen LogP contribution in [0.15, 0.2) is 18.2 Å². The predicted molar refractivity (Wildman–Crippen MR) is 78.6 cm³/mol. The minimum Gasteiger partial charge on any atom is -0.480 e. The second kappa shape index (κ2) is 5.21. The smallest absolute Gasteiger partial charge is 0.321 e. The number of nitrogens with zero attached hydrogens (tertiary/aromatic N) is 1. The number of fused-ring (bicyclic) bond motifs is 1. The van der Waals surface area contributed by atoms with Crippen molar-refractivity contribution >= 4 is 5.97 Å². The summed E-state index contributed by atoms with van der Waals surface area (Å²) in [6.45, 7) is 5.98. The van der Waals surface area contributed by atoms with E-state index in [0.717, 1.165) is 19.5 Å². The molecule has 3 heteroatoms. The van der Waals surface area contributed by atoms with E-state index in [1.165, 1.54) is 29.5 Å². The first-order valence-corrected chi connectivity index (χ1v) is 7.60. The topological polar surface area (TPSA) is 40.5 Å². The van der Waals surface area contributed by atoms with Crippen molar-refractivity contribution in [1.29, 1.82) is 0 Å². The van der Waals surface area contributed by atoms with Gasteiger partial charge in [-0.1, -0.05) is 24.6 Å². The van der Waals surface area contributed by atoms with Crippen LogP contribution < -0.4 is 0 Å². The minimum atomic E-state index is -0.635. The number of carbonyl (C=O) groups is 1. The predicted octanol–water partition coefficient (Wildman–Crippen LogP) is 2.99. The van der Waals surface area contributed by atoms with Gasteiger partial charge in [0.1, 0.15) is 6.04 Å². The average Bonchev–Trinajstić information content (AvgIpc) is 2.94. The summed E-state index contributed by atoms with van der Waals surface area (Å²) < 4.78 is 0. The highest BCUT2D eigenvalue weighted by atomic mass is 16.4. The minimum absolute atomic E-state index is 0.276. The molecule has 2 aliphatic rings. The van der Waals surface area contributed by atoms with Gasteiger partial charge in [0.2, 0.25) is 0 Å². The van der Waals surface area contributed by atoms with Crippen molar-refractivity contribution in [3.05, 3.63) is 34.9 Å². The second-order valence-corrected chi connectivity index (χ2v) is 6.43. The van der Waals surface area contributed by atoms with Gasteiger partial charge in [0.05, 0.1) is 0 Å². The average molecular weight is 273 g/mol. The maximum atomic E-state index is 11.7. The first kappa shape index (κ1) is 13.6. The first-order chi connectivity index (χ1) is 9.58. The van der Waals surface area contributed by atoms with Gasteiger partial charge >= 0.3 is 5.97 Å². The Balaban J connectivity index is 1.83. The molecule has 1 aliphatic heterocycles. The molecule has 0 spiro atoms. The molecule has 1 N–H and O–H groups in total. The van der Waals surface area contributed by atoms with E-state index in [9.17, 15) is 9.90 Å². The maximum Gasteiger partial charge on any atom is 0.321 e. The Labute approximate surface area is 120 Å². The Morgan fingerprint density at radius 3 is 2.90 bits per heavy atom. The number of aliphatic carboxylic acids is 1. The van der Waals surface area contributed by atoms with Crippen LogP contribution in [-0.4, -0.2) is 28.6 Å². The van der Waals surface area contributed by atoms with E-state index in [0.29, 0.717) is 11.8 Å². The lowest BCUT2D eigenvalue weighted by molar-refractivity contribution is -0.143. The molecule has 3 unspecified atom stereocenters. The number of likely N-dealkylation sites (tertiary alicyclic amines) is 1. The van der Waals surface area contributed by atoms with E-state index >= 15 is 0 Å². The Kier molecular flexibility index (Phi) is 3.55. The van der Waals surface area contributed by atoms with Crippen molar-refractivity contribution in [2.75, 3.05) is 6.54 Å². The van der Waals surface area contributed by atoms with Crippen LogP contribution in [-0.2, 0) is 11.3 Å². The van der Waals surface area contributed by atoms with E-state index in [2.05, 4.69) is 36.9 Å². The highest BCUT2D eigenvalue weighted by Gasteiger charge is 2.47. The van der Waals surface area contributed by atoms with Crippen LogP contribution in [0.1, 0.15) is 36.0 Å². The van der Waals surface area contributed by atoms with Crippen LogP contribution in [0.2, 0.25) is 0 Å². The van der Waals surface area contributed by atoms with Gasteiger partial charge in [0.15, 0.2) is 0 Å². The van der Waals surface area contributed by atoms with Crippen molar-refractivity contribution in [2.45, 2.75) is 45.7 Å². The van der Waals surface area contributed by atoms with Crippen molar-refractivity contribution in [1.82, 2.24) is 4.90 Å². The third-order valence-corrected chi connectivity index (χ3v) is 5.33. The number of rotatable bonds is 3. The molecule has 0 aromatic heterocycles. The third kappa shape index (κ3) is 2.24. The third-order valence-electron chi connectivity index (χ3n) is 5.33. The van der Waals surface area contributed by atoms with Gasteiger partial charge in [0.25, 0.3) is 0 Å². The molecule has 1 aliphatic carbocycles. The van der Waals surface area contributed by atoms with Crippen molar-refractivity contribution in [2.24, 2.45) is 11.8 Å². The van der Waals surface area contributed by atoms with Crippen molar-refractivity contribution < 1.29 is 9.90 Å². The molecule has 1 saturated carbocycles. The fourth-order valence-corrected chi connectivity index (χ4v) is 4.10. The van der Waals surface area contributed by atoms with Gasteiger partial charge in [-0.05, 0) is 55.2 Å². The molecule has 20 heavy (non-hydrogen) atoms. The Hall–Kier alpha value is -1.35. The van der Waals surface area contributed by atoms with E-state index in [4.69, 9.17) is 0 Å². The zero-order valence-electron chi connectivity index (χ0n) is 12.3. The Morgan fingerprint density at radius 2 is 2.15 bits per heavy atom. The highest BCUT2D eigenvalue weighted by Crippen LogP contribution is 2.42. The summed E-state index contributed by atoms with van der Waals surface area (Å²) in [5, 5.41) is 9.59. The molecular formula is C17H23NO2. The largest absolute Gasteiger partial charge is 0.480 e. The fraction of sp³-hybridized carbons (Fsp3) is 0.588. The lowest BCUT2D eigenvalue weighted by atomic mass is 9.94. The summed E-state index contributed by atoms with van der Waals surface area (Å²) in [7, 11) is 0. The van der Waals surface area contributed by atoms with E-state index < -0.39 is 5.97 Å². The molecule has 2 fully saturated rings. The van der Waals surface area contributed by atoms with Crippen LogP contribution in [0.25, 0.3) is 0 Å². The van der Waals surface area contributed by atoms with Gasteiger partial charge in [-0.2, -0.15) is 0 Å². The SMILES string of the molecule is Cc1cccc(CN2CC3CCCC3C2C(=O)O)c1C. The van der Waals surface area contributed by atoms with Crippen molar-refractivity contribution in [3.8, 4) is 0 Å². The van der Waals surface area contributed by atoms with Crippen molar-refractivity contribution in [3.63, 3.8) is 0 Å². The maximum absolute atomic E-state index is 11.7. The lowest BCUT2D eigenvalue weighted by Crippen LogP contribution is -2.39. The summed E-state index contributed by atoms with van der Waals surface area (Å²) >= 11 is 0. The molecule has 0 radical (unpaired) electrons. The molecular weight excluding hydrogens is 250 g/mol. The van der Waals surface area contributed by atoms with E-state index in [1.807, 2.05) is 0 Å². The summed E-state index contributed by atoms with van der Waals surface area (Å²) in [4.78, 5) is 13.8. The zero-order valence-corrected chi connectivity index (χ0v) is 12.3. The molecule has 108 valence electrons. The van der Waals surface area contributed by atoms with Crippen LogP contribution >= 0.6 is 0 Å². The number of hydrogen-bond donors (Lipinski definition) is 1. The van der Waals surface area contributed by atoms with Crippen LogP contribution in [0.4, 0.5) is 0 Å². The normalized spacial score (nSPS) is 29.6. The molecule has 1 heterocycles. The van der Waals surface area contributed by atoms with Gasteiger partial charge in [0, 0.05) is 13.1 Å². The summed E-state index contributed by atoms with van der Waals surface area (Å²) in [5.74, 6) is 0.337. The second-order valence-electron chi connectivity index (χ2n) is 6.43. The molecule has 3 rings (SSSR count). The van der Waals surface area contributed by atoms with Gasteiger partial charge < -0.3 is 5.11 Å². The highest BCUT2D eigenvalue weighted by molar-refractivity contribution is 5.74. The van der Waals surface area contributed by atoms with Gasteiger partial charge in [-0.15, -0.1) is 0 Å².